The minimum absolute atomic E-state index is 0.0380. The van der Waals surface area contributed by atoms with Crippen LogP contribution in [-0.4, -0.2) is 29.8 Å². The van der Waals surface area contributed by atoms with Crippen molar-refractivity contribution in [2.45, 2.75) is 26.3 Å². The Kier molecular flexibility index (Phi) is 5.49. The van der Waals surface area contributed by atoms with Crippen LogP contribution in [0.4, 0.5) is 0 Å². The SMILES string of the molecule is CCN1C[C@H](C(=O)NCc2cccc(-c3ccccc3)c2)CCC1=O. The number of piperidine rings is 1. The van der Waals surface area contributed by atoms with E-state index >= 15 is 0 Å². The van der Waals surface area contributed by atoms with Crippen LogP contribution in [0.25, 0.3) is 11.1 Å². The molecule has 25 heavy (non-hydrogen) atoms. The number of amides is 2. The fraction of sp³-hybridized carbons (Fsp3) is 0.333. The molecule has 0 aromatic heterocycles. The van der Waals surface area contributed by atoms with Crippen molar-refractivity contribution in [1.82, 2.24) is 10.2 Å². The van der Waals surface area contributed by atoms with Crippen LogP contribution >= 0.6 is 0 Å². The first kappa shape index (κ1) is 17.2. The van der Waals surface area contributed by atoms with E-state index in [0.29, 0.717) is 32.5 Å². The summed E-state index contributed by atoms with van der Waals surface area (Å²) in [6.07, 6.45) is 1.11. The zero-order chi connectivity index (χ0) is 17.6. The minimum atomic E-state index is -0.102. The van der Waals surface area contributed by atoms with E-state index in [9.17, 15) is 9.59 Å². The fourth-order valence-corrected chi connectivity index (χ4v) is 3.26. The lowest BCUT2D eigenvalue weighted by Gasteiger charge is -2.31. The van der Waals surface area contributed by atoms with Gasteiger partial charge in [-0.05, 0) is 36.1 Å². The van der Waals surface area contributed by atoms with Crippen LogP contribution in [0.1, 0.15) is 25.3 Å². The minimum Gasteiger partial charge on any atom is -0.352 e. The van der Waals surface area contributed by atoms with Crippen molar-refractivity contribution in [2.24, 2.45) is 5.92 Å². The molecule has 0 unspecified atom stereocenters. The number of hydrogen-bond donors (Lipinski definition) is 1. The van der Waals surface area contributed by atoms with Crippen molar-refractivity contribution in [1.29, 1.82) is 0 Å². The Morgan fingerprint density at radius 2 is 1.88 bits per heavy atom. The topological polar surface area (TPSA) is 49.4 Å². The monoisotopic (exact) mass is 336 g/mol. The Bertz CT molecular complexity index is 743. The third-order valence-corrected chi connectivity index (χ3v) is 4.75. The maximum atomic E-state index is 12.4. The van der Waals surface area contributed by atoms with Gasteiger partial charge in [0.2, 0.25) is 11.8 Å². The largest absolute Gasteiger partial charge is 0.352 e. The number of hydrogen-bond acceptors (Lipinski definition) is 2. The maximum absolute atomic E-state index is 12.4. The zero-order valence-electron chi connectivity index (χ0n) is 14.6. The summed E-state index contributed by atoms with van der Waals surface area (Å²) in [5.74, 6) is 0.0909. The van der Waals surface area contributed by atoms with Gasteiger partial charge < -0.3 is 10.2 Å². The Morgan fingerprint density at radius 3 is 2.64 bits per heavy atom. The summed E-state index contributed by atoms with van der Waals surface area (Å²) in [6, 6.07) is 18.4. The van der Waals surface area contributed by atoms with Gasteiger partial charge in [-0.25, -0.2) is 0 Å². The second-order valence-electron chi connectivity index (χ2n) is 6.45. The molecule has 130 valence electrons. The molecule has 2 amide bonds. The van der Waals surface area contributed by atoms with Crippen molar-refractivity contribution in [3.63, 3.8) is 0 Å². The summed E-state index contributed by atoms with van der Waals surface area (Å²) in [4.78, 5) is 26.0. The molecular formula is C21H24N2O2. The molecular weight excluding hydrogens is 312 g/mol. The van der Waals surface area contributed by atoms with Crippen LogP contribution < -0.4 is 5.32 Å². The van der Waals surface area contributed by atoms with Crippen LogP contribution in [0.15, 0.2) is 54.6 Å². The Labute approximate surface area is 148 Å². The Hall–Kier alpha value is -2.62. The summed E-state index contributed by atoms with van der Waals surface area (Å²) in [5.41, 5.74) is 3.39. The van der Waals surface area contributed by atoms with E-state index in [1.807, 2.05) is 37.3 Å². The van der Waals surface area contributed by atoms with Crippen LogP contribution in [0.2, 0.25) is 0 Å². The van der Waals surface area contributed by atoms with Crippen LogP contribution in [0.3, 0.4) is 0 Å². The van der Waals surface area contributed by atoms with Gasteiger partial charge in [-0.3, -0.25) is 9.59 Å². The van der Waals surface area contributed by atoms with Gasteiger partial charge in [0.1, 0.15) is 0 Å². The predicted molar refractivity (Wildman–Crippen MR) is 98.7 cm³/mol. The van der Waals surface area contributed by atoms with Gasteiger partial charge in [-0.1, -0.05) is 48.5 Å². The molecule has 0 saturated carbocycles. The second kappa shape index (κ2) is 7.97. The van der Waals surface area contributed by atoms with E-state index in [-0.39, 0.29) is 17.7 Å². The molecule has 1 saturated heterocycles. The molecule has 1 fully saturated rings. The highest BCUT2D eigenvalue weighted by molar-refractivity contribution is 5.83. The van der Waals surface area contributed by atoms with Gasteiger partial charge >= 0.3 is 0 Å². The molecule has 2 aromatic rings. The Morgan fingerprint density at radius 1 is 1.12 bits per heavy atom. The third-order valence-electron chi connectivity index (χ3n) is 4.75. The molecule has 2 aromatic carbocycles. The maximum Gasteiger partial charge on any atom is 0.225 e. The number of likely N-dealkylation sites (tertiary alicyclic amines) is 1. The molecule has 0 radical (unpaired) electrons. The van der Waals surface area contributed by atoms with Gasteiger partial charge in [0, 0.05) is 26.1 Å². The normalized spacial score (nSPS) is 17.4. The van der Waals surface area contributed by atoms with Gasteiger partial charge in [0.05, 0.1) is 5.92 Å². The number of carbonyl (C=O) groups excluding carboxylic acids is 2. The number of nitrogens with zero attached hydrogens (tertiary/aromatic N) is 1. The number of nitrogens with one attached hydrogen (secondary N) is 1. The lowest BCUT2D eigenvalue weighted by Crippen LogP contribution is -2.45. The standard InChI is InChI=1S/C21H24N2O2/c1-2-23-15-19(11-12-20(23)24)21(25)22-14-16-7-6-10-18(13-16)17-8-4-3-5-9-17/h3-10,13,19H,2,11-12,14-15H2,1H3,(H,22,25)/t19-/m1/s1. The molecule has 0 aliphatic carbocycles. The van der Waals surface area contributed by atoms with E-state index in [1.54, 1.807) is 4.90 Å². The lowest BCUT2D eigenvalue weighted by atomic mass is 9.96. The fourth-order valence-electron chi connectivity index (χ4n) is 3.26. The smallest absolute Gasteiger partial charge is 0.225 e. The number of rotatable bonds is 5. The summed E-state index contributed by atoms with van der Waals surface area (Å²) < 4.78 is 0. The first-order valence-electron chi connectivity index (χ1n) is 8.87. The average Bonchev–Trinajstić information content (AvgIpc) is 2.67. The summed E-state index contributed by atoms with van der Waals surface area (Å²) >= 11 is 0. The second-order valence-corrected chi connectivity index (χ2v) is 6.45. The molecule has 1 aliphatic rings. The van der Waals surface area contributed by atoms with E-state index in [2.05, 4.69) is 29.6 Å². The van der Waals surface area contributed by atoms with Gasteiger partial charge in [0.25, 0.3) is 0 Å². The van der Waals surface area contributed by atoms with Gasteiger partial charge in [-0.15, -0.1) is 0 Å². The Balaban J connectivity index is 1.60. The lowest BCUT2D eigenvalue weighted by molar-refractivity contribution is -0.138. The highest BCUT2D eigenvalue weighted by Crippen LogP contribution is 2.21. The highest BCUT2D eigenvalue weighted by atomic mass is 16.2. The first-order chi connectivity index (χ1) is 12.2. The molecule has 0 bridgehead atoms. The molecule has 4 nitrogen and oxygen atoms in total. The molecule has 0 spiro atoms. The van der Waals surface area contributed by atoms with E-state index in [4.69, 9.17) is 0 Å². The van der Waals surface area contributed by atoms with Crippen molar-refractivity contribution in [3.05, 3.63) is 60.2 Å². The van der Waals surface area contributed by atoms with Crippen LogP contribution in [0, 0.1) is 5.92 Å². The van der Waals surface area contributed by atoms with Gasteiger partial charge in [0.15, 0.2) is 0 Å². The van der Waals surface area contributed by atoms with Gasteiger partial charge in [-0.2, -0.15) is 0 Å². The van der Waals surface area contributed by atoms with Crippen molar-refractivity contribution in [2.75, 3.05) is 13.1 Å². The van der Waals surface area contributed by atoms with Crippen molar-refractivity contribution in [3.8, 4) is 11.1 Å². The molecule has 4 heteroatoms. The third kappa shape index (κ3) is 4.27. The van der Waals surface area contributed by atoms with Crippen molar-refractivity contribution < 1.29 is 9.59 Å². The highest BCUT2D eigenvalue weighted by Gasteiger charge is 2.29. The quantitative estimate of drug-likeness (QED) is 0.911. The molecule has 1 heterocycles. The van der Waals surface area contributed by atoms with Crippen molar-refractivity contribution >= 4 is 11.8 Å². The zero-order valence-corrected chi connectivity index (χ0v) is 14.6. The van der Waals surface area contributed by atoms with E-state index in [0.717, 1.165) is 11.1 Å². The molecule has 1 aliphatic heterocycles. The summed E-state index contributed by atoms with van der Waals surface area (Å²) in [7, 11) is 0. The molecule has 1 N–H and O–H groups in total. The average molecular weight is 336 g/mol. The predicted octanol–water partition coefficient (Wildman–Crippen LogP) is 3.23. The number of benzene rings is 2. The summed E-state index contributed by atoms with van der Waals surface area (Å²) in [6.45, 7) is 3.66. The summed E-state index contributed by atoms with van der Waals surface area (Å²) in [5, 5.41) is 3.03. The van der Waals surface area contributed by atoms with Crippen LogP contribution in [0.5, 0.6) is 0 Å². The van der Waals surface area contributed by atoms with E-state index < -0.39 is 0 Å². The number of carbonyl (C=O) groups is 2. The van der Waals surface area contributed by atoms with E-state index in [1.165, 1.54) is 5.56 Å². The molecule has 3 rings (SSSR count). The first-order valence-corrected chi connectivity index (χ1v) is 8.87. The molecule has 1 atom stereocenters. The van der Waals surface area contributed by atoms with Crippen LogP contribution in [-0.2, 0) is 16.1 Å².